The van der Waals surface area contributed by atoms with Crippen LogP contribution in [0.3, 0.4) is 0 Å². The van der Waals surface area contributed by atoms with Gasteiger partial charge in [-0.05, 0) is 61.5 Å². The molecule has 0 aromatic heterocycles. The van der Waals surface area contributed by atoms with Crippen LogP contribution >= 0.6 is 0 Å². The van der Waals surface area contributed by atoms with Gasteiger partial charge in [-0.1, -0.05) is 26.8 Å². The Labute approximate surface area is 112 Å². The molecule has 0 bridgehead atoms. The first kappa shape index (κ1) is 15.0. The van der Waals surface area contributed by atoms with Crippen LogP contribution in [0.4, 0.5) is 0 Å². The molecular formula is C16H27NO. The Kier molecular flexibility index (Phi) is 6.20. The molecule has 0 spiro atoms. The molecule has 18 heavy (non-hydrogen) atoms. The van der Waals surface area contributed by atoms with Crippen LogP contribution < -0.4 is 10.1 Å². The van der Waals surface area contributed by atoms with Crippen molar-refractivity contribution in [1.29, 1.82) is 0 Å². The third kappa shape index (κ3) is 5.09. The lowest BCUT2D eigenvalue weighted by molar-refractivity contribution is 0.414. The Morgan fingerprint density at radius 1 is 1.17 bits per heavy atom. The monoisotopic (exact) mass is 249 g/mol. The maximum atomic E-state index is 5.23. The van der Waals surface area contributed by atoms with Crippen LogP contribution in [-0.4, -0.2) is 20.2 Å². The molecule has 0 aliphatic heterocycles. The number of nitrogens with one attached hydrogen (secondary N) is 1. The largest absolute Gasteiger partial charge is 0.497 e. The van der Waals surface area contributed by atoms with Gasteiger partial charge in [0, 0.05) is 0 Å². The number of hydrogen-bond donors (Lipinski definition) is 1. The number of rotatable bonds is 7. The second-order valence-corrected chi connectivity index (χ2v) is 5.65. The van der Waals surface area contributed by atoms with Crippen LogP contribution in [0.1, 0.15) is 31.9 Å². The van der Waals surface area contributed by atoms with Gasteiger partial charge in [0.05, 0.1) is 7.11 Å². The highest BCUT2D eigenvalue weighted by Gasteiger charge is 2.07. The predicted octanol–water partition coefficient (Wildman–Crippen LogP) is 3.43. The van der Waals surface area contributed by atoms with E-state index in [-0.39, 0.29) is 0 Å². The van der Waals surface area contributed by atoms with Crippen LogP contribution in [0.15, 0.2) is 18.2 Å². The summed E-state index contributed by atoms with van der Waals surface area (Å²) in [6.45, 7) is 11.1. The van der Waals surface area contributed by atoms with Crippen LogP contribution in [0.25, 0.3) is 0 Å². The minimum absolute atomic E-state index is 0.663. The zero-order chi connectivity index (χ0) is 13.5. The van der Waals surface area contributed by atoms with Crippen LogP contribution in [0.5, 0.6) is 5.75 Å². The van der Waals surface area contributed by atoms with Crippen LogP contribution in [-0.2, 0) is 6.42 Å². The van der Waals surface area contributed by atoms with E-state index in [1.165, 1.54) is 11.1 Å². The molecule has 0 radical (unpaired) electrons. The van der Waals surface area contributed by atoms with E-state index >= 15 is 0 Å². The summed E-state index contributed by atoms with van der Waals surface area (Å²) >= 11 is 0. The van der Waals surface area contributed by atoms with Gasteiger partial charge in [0.25, 0.3) is 0 Å². The predicted molar refractivity (Wildman–Crippen MR) is 78.3 cm³/mol. The van der Waals surface area contributed by atoms with Crippen molar-refractivity contribution < 1.29 is 4.74 Å². The lowest BCUT2D eigenvalue weighted by Gasteiger charge is -2.15. The van der Waals surface area contributed by atoms with Crippen molar-refractivity contribution in [3.05, 3.63) is 29.3 Å². The van der Waals surface area contributed by atoms with E-state index in [2.05, 4.69) is 51.2 Å². The van der Waals surface area contributed by atoms with E-state index < -0.39 is 0 Å². The van der Waals surface area contributed by atoms with Crippen molar-refractivity contribution in [3.8, 4) is 5.75 Å². The fourth-order valence-electron chi connectivity index (χ4n) is 2.09. The van der Waals surface area contributed by atoms with E-state index in [0.717, 1.165) is 31.2 Å². The van der Waals surface area contributed by atoms with Crippen molar-refractivity contribution in [3.63, 3.8) is 0 Å². The first-order chi connectivity index (χ1) is 8.52. The molecule has 1 N–H and O–H groups in total. The highest BCUT2D eigenvalue weighted by molar-refractivity contribution is 5.34. The average Bonchev–Trinajstić information content (AvgIpc) is 2.31. The number of aryl methyl sites for hydroxylation is 1. The van der Waals surface area contributed by atoms with E-state index in [9.17, 15) is 0 Å². The summed E-state index contributed by atoms with van der Waals surface area (Å²) in [7, 11) is 1.72. The quantitative estimate of drug-likeness (QED) is 0.799. The summed E-state index contributed by atoms with van der Waals surface area (Å²) in [5.74, 6) is 2.33. The third-order valence-corrected chi connectivity index (χ3v) is 3.16. The summed E-state index contributed by atoms with van der Waals surface area (Å²) in [5.41, 5.74) is 2.75. The maximum Gasteiger partial charge on any atom is 0.119 e. The molecule has 0 aliphatic carbocycles. The van der Waals surface area contributed by atoms with Gasteiger partial charge >= 0.3 is 0 Å². The molecule has 0 aliphatic rings. The fraction of sp³-hybridized carbons (Fsp3) is 0.625. The van der Waals surface area contributed by atoms with Gasteiger partial charge in [0.1, 0.15) is 5.75 Å². The van der Waals surface area contributed by atoms with E-state index in [1.807, 2.05) is 0 Å². The maximum absolute atomic E-state index is 5.23. The molecule has 0 fully saturated rings. The number of benzene rings is 1. The Bertz CT molecular complexity index is 360. The molecule has 0 saturated heterocycles. The minimum Gasteiger partial charge on any atom is -0.497 e. The zero-order valence-electron chi connectivity index (χ0n) is 12.4. The lowest BCUT2D eigenvalue weighted by atomic mass is 9.97. The summed E-state index contributed by atoms with van der Waals surface area (Å²) in [6.07, 6.45) is 1.13. The molecule has 0 heterocycles. The second-order valence-electron chi connectivity index (χ2n) is 5.65. The van der Waals surface area contributed by atoms with Crippen molar-refractivity contribution in [2.24, 2.45) is 11.8 Å². The van der Waals surface area contributed by atoms with Gasteiger partial charge in [-0.15, -0.1) is 0 Å². The van der Waals surface area contributed by atoms with Gasteiger partial charge in [0.2, 0.25) is 0 Å². The van der Waals surface area contributed by atoms with Gasteiger partial charge in [-0.2, -0.15) is 0 Å². The van der Waals surface area contributed by atoms with Gasteiger partial charge in [-0.3, -0.25) is 0 Å². The van der Waals surface area contributed by atoms with E-state index in [4.69, 9.17) is 4.74 Å². The van der Waals surface area contributed by atoms with Crippen LogP contribution in [0, 0.1) is 18.8 Å². The summed E-state index contributed by atoms with van der Waals surface area (Å²) < 4.78 is 5.23. The Morgan fingerprint density at radius 3 is 2.44 bits per heavy atom. The number of ether oxygens (including phenoxy) is 1. The Morgan fingerprint density at radius 2 is 1.89 bits per heavy atom. The third-order valence-electron chi connectivity index (χ3n) is 3.16. The van der Waals surface area contributed by atoms with Gasteiger partial charge in [-0.25, -0.2) is 0 Å². The Balaban J connectivity index is 2.46. The number of hydrogen-bond acceptors (Lipinski definition) is 2. The summed E-state index contributed by atoms with van der Waals surface area (Å²) in [4.78, 5) is 0. The molecule has 0 amide bonds. The molecular weight excluding hydrogens is 222 g/mol. The molecule has 102 valence electrons. The average molecular weight is 249 g/mol. The Hall–Kier alpha value is -1.02. The molecule has 2 nitrogen and oxygen atoms in total. The fourth-order valence-corrected chi connectivity index (χ4v) is 2.09. The first-order valence-electron chi connectivity index (χ1n) is 6.87. The smallest absolute Gasteiger partial charge is 0.119 e. The highest BCUT2D eigenvalue weighted by atomic mass is 16.5. The lowest BCUT2D eigenvalue weighted by Crippen LogP contribution is -2.26. The topological polar surface area (TPSA) is 21.3 Å². The molecule has 1 aromatic carbocycles. The van der Waals surface area contributed by atoms with Crippen molar-refractivity contribution in [2.75, 3.05) is 20.2 Å². The normalized spacial score (nSPS) is 12.8. The van der Waals surface area contributed by atoms with Gasteiger partial charge in [0.15, 0.2) is 0 Å². The molecule has 1 atom stereocenters. The molecule has 2 heteroatoms. The molecule has 1 unspecified atom stereocenters. The van der Waals surface area contributed by atoms with Crippen molar-refractivity contribution >= 4 is 0 Å². The molecule has 1 aromatic rings. The summed E-state index contributed by atoms with van der Waals surface area (Å²) in [5, 5.41) is 3.52. The standard InChI is InChI=1S/C16H27NO/c1-12(2)10-17-11-13(3)8-15-6-7-16(18-5)9-14(15)4/h6-7,9,12-13,17H,8,10-11H2,1-5H3. The first-order valence-corrected chi connectivity index (χ1v) is 6.87. The number of methoxy groups -OCH3 is 1. The molecule has 0 saturated carbocycles. The summed E-state index contributed by atoms with van der Waals surface area (Å²) in [6, 6.07) is 6.35. The van der Waals surface area contributed by atoms with Crippen LogP contribution in [0.2, 0.25) is 0 Å². The second kappa shape index (κ2) is 7.42. The van der Waals surface area contributed by atoms with Crippen molar-refractivity contribution in [1.82, 2.24) is 5.32 Å². The highest BCUT2D eigenvalue weighted by Crippen LogP contribution is 2.19. The van der Waals surface area contributed by atoms with E-state index in [0.29, 0.717) is 5.92 Å². The minimum atomic E-state index is 0.663. The van der Waals surface area contributed by atoms with Crippen molar-refractivity contribution in [2.45, 2.75) is 34.1 Å². The SMILES string of the molecule is COc1ccc(CC(C)CNCC(C)C)c(C)c1. The van der Waals surface area contributed by atoms with Gasteiger partial charge < -0.3 is 10.1 Å². The van der Waals surface area contributed by atoms with E-state index in [1.54, 1.807) is 7.11 Å². The molecule has 1 rings (SSSR count). The zero-order valence-corrected chi connectivity index (χ0v) is 12.4.